The summed E-state index contributed by atoms with van der Waals surface area (Å²) in [7, 11) is 0. The van der Waals surface area contributed by atoms with Gasteiger partial charge in [0.15, 0.2) is 5.60 Å². The van der Waals surface area contributed by atoms with Gasteiger partial charge in [0.25, 0.3) is 0 Å². The summed E-state index contributed by atoms with van der Waals surface area (Å²) in [6, 6.07) is 25.7. The Hall–Kier alpha value is -5.22. The lowest BCUT2D eigenvalue weighted by molar-refractivity contribution is 0.163. The molecule has 2 heterocycles. The molecule has 1 saturated heterocycles. The van der Waals surface area contributed by atoms with Crippen LogP contribution in [0.2, 0.25) is 0 Å². The molecule has 5 aromatic rings. The minimum atomic E-state index is -0.984. The van der Waals surface area contributed by atoms with Gasteiger partial charge < -0.3 is 9.64 Å². The van der Waals surface area contributed by atoms with Gasteiger partial charge in [-0.15, -0.1) is 0 Å². The Balaban J connectivity index is 1.21. The Morgan fingerprint density at radius 2 is 1.49 bits per heavy atom. The maximum atomic E-state index is 15.3. The standard InChI is InChI=1S/C47H39F2NO/c1-46(2)42-28-34(49)17-21-38(42)43-37-20-16-33(48)27-41(37)45-39(44(43)46)22-23-47(51-45,31-14-18-35(19-15-31)50-24-6-3-7-25-50)32-13-12-30-11-10-29-8-4-5-9-36(29)40(30)26-32/h4-5,8-23,26-29,36H,3,6-7,24-25H2,1-2H3. The Bertz CT molecular complexity index is 2390. The molecule has 1 fully saturated rings. The van der Waals surface area contributed by atoms with Gasteiger partial charge in [0.1, 0.15) is 17.4 Å². The van der Waals surface area contributed by atoms with Gasteiger partial charge in [0.05, 0.1) is 0 Å². The quantitative estimate of drug-likeness (QED) is 0.189. The maximum absolute atomic E-state index is 15.3. The molecule has 0 spiro atoms. The van der Waals surface area contributed by atoms with E-state index in [9.17, 15) is 4.39 Å². The monoisotopic (exact) mass is 671 g/mol. The molecule has 0 aromatic heterocycles. The van der Waals surface area contributed by atoms with Gasteiger partial charge >= 0.3 is 0 Å². The molecule has 10 rings (SSSR count). The van der Waals surface area contributed by atoms with E-state index in [0.29, 0.717) is 11.7 Å². The molecule has 0 saturated carbocycles. The third kappa shape index (κ3) is 4.51. The predicted molar refractivity (Wildman–Crippen MR) is 204 cm³/mol. The number of fused-ring (bicyclic) bond motifs is 11. The third-order valence-corrected chi connectivity index (χ3v) is 12.1. The van der Waals surface area contributed by atoms with E-state index in [0.717, 1.165) is 62.8 Å². The number of nitrogens with zero attached hydrogens (tertiary/aromatic N) is 1. The molecule has 2 nitrogen and oxygen atoms in total. The van der Waals surface area contributed by atoms with Crippen molar-refractivity contribution in [1.82, 2.24) is 0 Å². The highest BCUT2D eigenvalue weighted by molar-refractivity contribution is 6.08. The first-order valence-electron chi connectivity index (χ1n) is 18.3. The molecule has 252 valence electrons. The number of halogens is 2. The van der Waals surface area contributed by atoms with Crippen molar-refractivity contribution in [1.29, 1.82) is 0 Å². The van der Waals surface area contributed by atoms with Crippen LogP contribution >= 0.6 is 0 Å². The van der Waals surface area contributed by atoms with E-state index in [-0.39, 0.29) is 17.6 Å². The number of hydrogen-bond acceptors (Lipinski definition) is 2. The van der Waals surface area contributed by atoms with Crippen LogP contribution in [0.3, 0.4) is 0 Å². The molecular weight excluding hydrogens is 633 g/mol. The largest absolute Gasteiger partial charge is 0.472 e. The van der Waals surface area contributed by atoms with Gasteiger partial charge in [-0.3, -0.25) is 0 Å². The van der Waals surface area contributed by atoms with Crippen molar-refractivity contribution in [2.24, 2.45) is 5.92 Å². The predicted octanol–water partition coefficient (Wildman–Crippen LogP) is 11.6. The summed E-state index contributed by atoms with van der Waals surface area (Å²) in [5.74, 6) is 0.628. The topological polar surface area (TPSA) is 12.5 Å². The van der Waals surface area contributed by atoms with Crippen LogP contribution < -0.4 is 9.64 Å². The molecule has 3 atom stereocenters. The number of benzene rings is 5. The minimum absolute atomic E-state index is 0.242. The third-order valence-electron chi connectivity index (χ3n) is 12.1. The van der Waals surface area contributed by atoms with Crippen molar-refractivity contribution in [3.05, 3.63) is 166 Å². The molecule has 51 heavy (non-hydrogen) atoms. The van der Waals surface area contributed by atoms with Gasteiger partial charge in [-0.2, -0.15) is 0 Å². The van der Waals surface area contributed by atoms with Crippen molar-refractivity contribution >= 4 is 28.6 Å². The van der Waals surface area contributed by atoms with E-state index >= 15 is 4.39 Å². The molecule has 0 bridgehead atoms. The first-order valence-corrected chi connectivity index (χ1v) is 18.3. The van der Waals surface area contributed by atoms with Crippen LogP contribution in [0.1, 0.15) is 78.0 Å². The zero-order valence-electron chi connectivity index (χ0n) is 28.9. The molecule has 4 heteroatoms. The van der Waals surface area contributed by atoms with Crippen molar-refractivity contribution in [2.75, 3.05) is 18.0 Å². The summed E-state index contributed by atoms with van der Waals surface area (Å²) < 4.78 is 37.6. The molecule has 3 unspecified atom stereocenters. The van der Waals surface area contributed by atoms with E-state index in [1.54, 1.807) is 12.1 Å². The summed E-state index contributed by atoms with van der Waals surface area (Å²) in [6.45, 7) is 6.45. The molecule has 0 radical (unpaired) electrons. The Kier molecular flexibility index (Phi) is 6.68. The zero-order chi connectivity index (χ0) is 34.5. The zero-order valence-corrected chi connectivity index (χ0v) is 28.9. The number of rotatable bonds is 3. The molecule has 0 N–H and O–H groups in total. The molecule has 2 aliphatic heterocycles. The summed E-state index contributed by atoms with van der Waals surface area (Å²) >= 11 is 0. The average molecular weight is 672 g/mol. The summed E-state index contributed by atoms with van der Waals surface area (Å²) in [4.78, 5) is 2.48. The van der Waals surface area contributed by atoms with E-state index in [1.807, 2.05) is 12.1 Å². The summed E-state index contributed by atoms with van der Waals surface area (Å²) in [5, 5.41) is 1.63. The van der Waals surface area contributed by atoms with Crippen LogP contribution in [0.15, 0.2) is 115 Å². The normalized spacial score (nSPS) is 23.3. The van der Waals surface area contributed by atoms with Gasteiger partial charge in [-0.25, -0.2) is 8.78 Å². The van der Waals surface area contributed by atoms with Crippen LogP contribution in [0.5, 0.6) is 5.75 Å². The fraction of sp³-hybridized carbons (Fsp3) is 0.234. The van der Waals surface area contributed by atoms with Crippen LogP contribution in [0.4, 0.5) is 14.5 Å². The minimum Gasteiger partial charge on any atom is -0.472 e. The molecular formula is C47H39F2NO. The lowest BCUT2D eigenvalue weighted by atomic mass is 9.74. The fourth-order valence-corrected chi connectivity index (χ4v) is 9.56. The molecule has 5 aliphatic rings. The van der Waals surface area contributed by atoms with E-state index in [1.165, 1.54) is 48.2 Å². The highest BCUT2D eigenvalue weighted by atomic mass is 19.1. The lowest BCUT2D eigenvalue weighted by Gasteiger charge is -2.39. The second kappa shape index (κ2) is 11.1. The number of ether oxygens (including phenoxy) is 1. The Labute approximate surface area is 298 Å². The van der Waals surface area contributed by atoms with Crippen molar-refractivity contribution in [2.45, 2.75) is 50.0 Å². The fourth-order valence-electron chi connectivity index (χ4n) is 9.56. The highest BCUT2D eigenvalue weighted by Crippen LogP contribution is 2.58. The van der Waals surface area contributed by atoms with Crippen molar-refractivity contribution < 1.29 is 13.5 Å². The second-order valence-corrected chi connectivity index (χ2v) is 15.3. The smallest absolute Gasteiger partial charge is 0.178 e. The average Bonchev–Trinajstić information content (AvgIpc) is 3.40. The van der Waals surface area contributed by atoms with Gasteiger partial charge in [0, 0.05) is 58.1 Å². The van der Waals surface area contributed by atoms with Gasteiger partial charge in [-0.05, 0) is 107 Å². The highest BCUT2D eigenvalue weighted by Gasteiger charge is 2.45. The number of anilines is 1. The Morgan fingerprint density at radius 3 is 2.33 bits per heavy atom. The lowest BCUT2D eigenvalue weighted by Crippen LogP contribution is -2.35. The first kappa shape index (κ1) is 30.6. The number of hydrogen-bond donors (Lipinski definition) is 0. The second-order valence-electron chi connectivity index (χ2n) is 15.3. The SMILES string of the molecule is CC1(C)c2cc(F)ccc2-c2c1c1c(c3cc(F)ccc23)OC(c2ccc(N3CCCCC3)cc2)(c2ccc3c(c2)C2C=CC=CC2C=C3)C=C1. The Morgan fingerprint density at radius 1 is 0.725 bits per heavy atom. The van der Waals surface area contributed by atoms with Crippen LogP contribution in [-0.2, 0) is 11.0 Å². The van der Waals surface area contributed by atoms with Gasteiger partial charge in [-0.1, -0.05) is 92.8 Å². The van der Waals surface area contributed by atoms with E-state index in [4.69, 9.17) is 4.74 Å². The number of allylic oxidation sites excluding steroid dienone is 5. The molecule has 5 aromatic carbocycles. The van der Waals surface area contributed by atoms with E-state index in [2.05, 4.69) is 110 Å². The van der Waals surface area contributed by atoms with E-state index < -0.39 is 11.0 Å². The number of piperidine rings is 1. The molecule has 0 amide bonds. The van der Waals surface area contributed by atoms with Gasteiger partial charge in [0.2, 0.25) is 0 Å². The van der Waals surface area contributed by atoms with Crippen LogP contribution in [-0.4, -0.2) is 13.1 Å². The first-order chi connectivity index (χ1) is 24.8. The van der Waals surface area contributed by atoms with Crippen molar-refractivity contribution in [3.63, 3.8) is 0 Å². The van der Waals surface area contributed by atoms with Crippen LogP contribution in [0.25, 0.3) is 34.1 Å². The van der Waals surface area contributed by atoms with Crippen molar-refractivity contribution in [3.8, 4) is 16.9 Å². The maximum Gasteiger partial charge on any atom is 0.178 e. The summed E-state index contributed by atoms with van der Waals surface area (Å²) in [6.07, 6.45) is 21.5. The molecule has 3 aliphatic carbocycles. The van der Waals surface area contributed by atoms with Crippen LogP contribution in [0, 0.1) is 17.6 Å². The summed E-state index contributed by atoms with van der Waals surface area (Å²) in [5.41, 5.74) is 9.23.